The second-order valence-electron chi connectivity index (χ2n) is 7.09. The average Bonchev–Trinajstić information content (AvgIpc) is 2.95. The molecule has 1 aromatic rings. The summed E-state index contributed by atoms with van der Waals surface area (Å²) < 4.78 is 26.6. The lowest BCUT2D eigenvalue weighted by molar-refractivity contribution is -0.132. The molecule has 27 heavy (non-hydrogen) atoms. The maximum Gasteiger partial charge on any atom is 0.263 e. The number of carbonyl (C=O) groups is 1. The third-order valence-corrected chi connectivity index (χ3v) is 6.63. The van der Waals surface area contributed by atoms with Crippen LogP contribution >= 0.6 is 0 Å². The predicted molar refractivity (Wildman–Crippen MR) is 105 cm³/mol. The minimum atomic E-state index is -3.47. The van der Waals surface area contributed by atoms with E-state index in [2.05, 4.69) is 15.0 Å². The van der Waals surface area contributed by atoms with E-state index in [1.54, 1.807) is 18.2 Å². The van der Waals surface area contributed by atoms with Crippen LogP contribution in [0.5, 0.6) is 0 Å². The number of carbonyl (C=O) groups excluding carboxylic acids is 1. The van der Waals surface area contributed by atoms with Crippen molar-refractivity contribution >= 4 is 21.8 Å². The van der Waals surface area contributed by atoms with Gasteiger partial charge in [-0.05, 0) is 44.9 Å². The number of nitrogens with one attached hydrogen (secondary N) is 2. The summed E-state index contributed by atoms with van der Waals surface area (Å²) in [6.07, 6.45) is 5.22. The minimum absolute atomic E-state index is 0.244. The fourth-order valence-electron chi connectivity index (χ4n) is 3.58. The molecule has 0 radical (unpaired) electrons. The van der Waals surface area contributed by atoms with Gasteiger partial charge in [-0.1, -0.05) is 18.6 Å². The number of aliphatic imine (C=N–C) groups is 1. The molecule has 1 amide bonds. The molecular weight excluding hydrogens is 364 g/mol. The predicted octanol–water partition coefficient (Wildman–Crippen LogP) is 1.50. The number of unbranched alkanes of at least 4 members (excludes halogenated alkanes) is 2. The first-order valence-electron chi connectivity index (χ1n) is 9.63. The first-order chi connectivity index (χ1) is 13.0. The Morgan fingerprint density at radius 1 is 1.22 bits per heavy atom. The molecule has 0 aromatic heterocycles. The number of sulfonamides is 1. The highest BCUT2D eigenvalue weighted by Crippen LogP contribution is 2.22. The van der Waals surface area contributed by atoms with Gasteiger partial charge >= 0.3 is 0 Å². The molecule has 0 bridgehead atoms. The first-order valence-corrected chi connectivity index (χ1v) is 11.1. The van der Waals surface area contributed by atoms with E-state index in [0.717, 1.165) is 45.2 Å². The number of hydrogen-bond acceptors (Lipinski definition) is 5. The van der Waals surface area contributed by atoms with Crippen molar-refractivity contribution in [3.63, 3.8) is 0 Å². The molecule has 1 saturated heterocycles. The van der Waals surface area contributed by atoms with Gasteiger partial charge in [0.25, 0.3) is 10.0 Å². The van der Waals surface area contributed by atoms with Gasteiger partial charge in [0, 0.05) is 37.7 Å². The highest BCUT2D eigenvalue weighted by atomic mass is 32.2. The quantitative estimate of drug-likeness (QED) is 0.688. The Kier molecular flexibility index (Phi) is 6.49. The van der Waals surface area contributed by atoms with Crippen LogP contribution in [0.3, 0.4) is 0 Å². The van der Waals surface area contributed by atoms with Crippen LogP contribution in [0.25, 0.3) is 0 Å². The molecule has 0 unspecified atom stereocenters. The third kappa shape index (κ3) is 4.87. The zero-order valence-corrected chi connectivity index (χ0v) is 16.6. The Hall–Kier alpha value is -1.93. The molecule has 0 aliphatic carbocycles. The van der Waals surface area contributed by atoms with Crippen molar-refractivity contribution in [3.05, 3.63) is 29.8 Å². The average molecular weight is 393 g/mol. The zero-order chi connectivity index (χ0) is 19.3. The van der Waals surface area contributed by atoms with E-state index in [1.165, 1.54) is 0 Å². The Bertz CT molecular complexity index is 799. The summed E-state index contributed by atoms with van der Waals surface area (Å²) in [6, 6.07) is 7.40. The maximum absolute atomic E-state index is 12.2. The smallest absolute Gasteiger partial charge is 0.263 e. The Balaban J connectivity index is 1.38. The van der Waals surface area contributed by atoms with Gasteiger partial charge in [-0.25, -0.2) is 8.42 Å². The van der Waals surface area contributed by atoms with E-state index in [4.69, 9.17) is 0 Å². The summed E-state index contributed by atoms with van der Waals surface area (Å²) >= 11 is 0. The highest BCUT2D eigenvalue weighted by molar-refractivity contribution is 7.90. The van der Waals surface area contributed by atoms with Crippen molar-refractivity contribution in [1.82, 2.24) is 14.9 Å². The topological polar surface area (TPSA) is 90.9 Å². The molecule has 8 heteroatoms. The van der Waals surface area contributed by atoms with Gasteiger partial charge in [-0.2, -0.15) is 0 Å². The van der Waals surface area contributed by atoms with Crippen LogP contribution in [-0.4, -0.2) is 57.8 Å². The number of hydrogen-bond donors (Lipinski definition) is 2. The van der Waals surface area contributed by atoms with Crippen molar-refractivity contribution < 1.29 is 13.2 Å². The summed E-state index contributed by atoms with van der Waals surface area (Å²) in [7, 11) is -1.49. The molecular formula is C19H28N4O3S. The van der Waals surface area contributed by atoms with Gasteiger partial charge in [-0.15, -0.1) is 0 Å². The molecule has 2 aliphatic rings. The van der Waals surface area contributed by atoms with Gasteiger partial charge in [-0.3, -0.25) is 14.5 Å². The molecule has 7 nitrogen and oxygen atoms in total. The molecule has 3 rings (SSSR count). The van der Waals surface area contributed by atoms with E-state index in [-0.39, 0.29) is 10.8 Å². The lowest BCUT2D eigenvalue weighted by atomic mass is 10.0. The van der Waals surface area contributed by atoms with Crippen molar-refractivity contribution in [1.29, 1.82) is 0 Å². The SMILES string of the molecule is CNC1CCN(C(=O)CCCCCN=C2NS(=O)(=O)c3ccccc32)CC1. The monoisotopic (exact) mass is 392 g/mol. The molecule has 1 fully saturated rings. The van der Waals surface area contributed by atoms with E-state index in [9.17, 15) is 13.2 Å². The van der Waals surface area contributed by atoms with Crippen molar-refractivity contribution in [3.8, 4) is 0 Å². The van der Waals surface area contributed by atoms with Crippen molar-refractivity contribution in [2.75, 3.05) is 26.7 Å². The van der Waals surface area contributed by atoms with E-state index in [1.807, 2.05) is 18.0 Å². The summed E-state index contributed by atoms with van der Waals surface area (Å²) in [5.41, 5.74) is 0.637. The lowest BCUT2D eigenvalue weighted by Crippen LogP contribution is -2.43. The number of amides is 1. The molecule has 0 spiro atoms. The van der Waals surface area contributed by atoms with Gasteiger partial charge in [0.05, 0.1) is 4.90 Å². The first kappa shape index (κ1) is 19.8. The van der Waals surface area contributed by atoms with Crippen LogP contribution in [-0.2, 0) is 14.8 Å². The second-order valence-corrected chi connectivity index (χ2v) is 8.74. The van der Waals surface area contributed by atoms with E-state index < -0.39 is 10.0 Å². The highest BCUT2D eigenvalue weighted by Gasteiger charge is 2.29. The van der Waals surface area contributed by atoms with Crippen LogP contribution in [0.4, 0.5) is 0 Å². The lowest BCUT2D eigenvalue weighted by Gasteiger charge is -2.31. The Labute approximate surface area is 161 Å². The molecule has 2 aliphatic heterocycles. The van der Waals surface area contributed by atoms with Gasteiger partial charge in [0.15, 0.2) is 0 Å². The van der Waals surface area contributed by atoms with Crippen LogP contribution in [0.1, 0.15) is 44.1 Å². The largest absolute Gasteiger partial charge is 0.343 e. The number of amidine groups is 1. The minimum Gasteiger partial charge on any atom is -0.343 e. The number of rotatable bonds is 7. The zero-order valence-electron chi connectivity index (χ0n) is 15.8. The molecule has 0 saturated carbocycles. The number of nitrogens with zero attached hydrogens (tertiary/aromatic N) is 2. The molecule has 2 heterocycles. The molecule has 1 aromatic carbocycles. The number of likely N-dealkylation sites (tertiary alicyclic amines) is 1. The normalized spacial score (nSPS) is 20.5. The van der Waals surface area contributed by atoms with E-state index >= 15 is 0 Å². The standard InChI is InChI=1S/C19H28N4O3S/c1-20-15-10-13-23(14-11-15)18(24)9-3-2-6-12-21-19-16-7-4-5-8-17(16)27(25,26)22-19/h4-5,7-8,15,20H,2-3,6,9-14H2,1H3,(H,21,22). The molecule has 2 N–H and O–H groups in total. The fraction of sp³-hybridized carbons (Fsp3) is 0.579. The fourth-order valence-corrected chi connectivity index (χ4v) is 4.83. The molecule has 0 atom stereocenters. The van der Waals surface area contributed by atoms with Crippen molar-refractivity contribution in [2.45, 2.75) is 49.5 Å². The van der Waals surface area contributed by atoms with Crippen molar-refractivity contribution in [2.24, 2.45) is 4.99 Å². The molecule has 148 valence electrons. The summed E-state index contributed by atoms with van der Waals surface area (Å²) in [5, 5.41) is 3.27. The van der Waals surface area contributed by atoms with Gasteiger partial charge in [0.2, 0.25) is 5.91 Å². The van der Waals surface area contributed by atoms with Crippen LogP contribution in [0, 0.1) is 0 Å². The maximum atomic E-state index is 12.2. The van der Waals surface area contributed by atoms with Gasteiger partial charge in [0.1, 0.15) is 5.84 Å². The Morgan fingerprint density at radius 2 is 1.96 bits per heavy atom. The summed E-state index contributed by atoms with van der Waals surface area (Å²) in [4.78, 5) is 18.9. The van der Waals surface area contributed by atoms with Crippen LogP contribution < -0.4 is 10.0 Å². The number of fused-ring (bicyclic) bond motifs is 1. The second kappa shape index (κ2) is 8.84. The van der Waals surface area contributed by atoms with Gasteiger partial charge < -0.3 is 10.2 Å². The summed E-state index contributed by atoms with van der Waals surface area (Å²) in [5.74, 6) is 0.669. The number of benzene rings is 1. The van der Waals surface area contributed by atoms with Crippen LogP contribution in [0.2, 0.25) is 0 Å². The summed E-state index contributed by atoms with van der Waals surface area (Å²) in [6.45, 7) is 2.24. The van der Waals surface area contributed by atoms with Crippen LogP contribution in [0.15, 0.2) is 34.2 Å². The number of piperidine rings is 1. The third-order valence-electron chi connectivity index (χ3n) is 5.24. The Morgan fingerprint density at radius 3 is 2.70 bits per heavy atom. The van der Waals surface area contributed by atoms with E-state index in [0.29, 0.717) is 30.4 Å².